The van der Waals surface area contributed by atoms with Crippen LogP contribution >= 0.6 is 11.3 Å². The van der Waals surface area contributed by atoms with E-state index in [1.807, 2.05) is 43.5 Å². The molecule has 0 saturated carbocycles. The minimum atomic E-state index is -0.975. The Kier molecular flexibility index (Phi) is 7.36. The Morgan fingerprint density at radius 1 is 1.07 bits per heavy atom. The zero-order valence-electron chi connectivity index (χ0n) is 24.5. The summed E-state index contributed by atoms with van der Waals surface area (Å²) in [5, 5.41) is 24.0. The number of benzene rings is 2. The number of amides is 1. The van der Waals surface area contributed by atoms with E-state index < -0.39 is 12.2 Å². The Bertz CT molecular complexity index is 1720. The summed E-state index contributed by atoms with van der Waals surface area (Å²) in [5.74, 6) is -0.280. The number of thiophene rings is 1. The average molecular weight is 611 g/mol. The van der Waals surface area contributed by atoms with Crippen molar-refractivity contribution in [1.29, 1.82) is 0 Å². The van der Waals surface area contributed by atoms with Gasteiger partial charge in [-0.2, -0.15) is 0 Å². The number of para-hydroxylation sites is 1. The Balaban J connectivity index is 1.07. The van der Waals surface area contributed by atoms with Crippen molar-refractivity contribution in [2.45, 2.75) is 32.4 Å². The highest BCUT2D eigenvalue weighted by atomic mass is 32.1. The lowest BCUT2D eigenvalue weighted by Gasteiger charge is -2.53. The van der Waals surface area contributed by atoms with Gasteiger partial charge in [0, 0.05) is 71.7 Å². The van der Waals surface area contributed by atoms with Crippen LogP contribution in [0.15, 0.2) is 66.9 Å². The largest absolute Gasteiger partial charge is 0.477 e. The van der Waals surface area contributed by atoms with E-state index in [9.17, 15) is 19.8 Å². The molecule has 10 heteroatoms. The number of anilines is 3. The van der Waals surface area contributed by atoms with E-state index in [1.165, 1.54) is 11.3 Å². The molecule has 1 atom stereocenters. The highest BCUT2D eigenvalue weighted by Crippen LogP contribution is 2.44. The van der Waals surface area contributed by atoms with Crippen molar-refractivity contribution in [3.63, 3.8) is 0 Å². The quantitative estimate of drug-likeness (QED) is 0.237. The lowest BCUT2D eigenvalue weighted by Crippen LogP contribution is -2.59. The monoisotopic (exact) mass is 610 g/mol. The zero-order valence-corrected chi connectivity index (χ0v) is 25.3. The van der Waals surface area contributed by atoms with Crippen molar-refractivity contribution in [3.05, 3.63) is 94.0 Å². The van der Waals surface area contributed by atoms with Gasteiger partial charge < -0.3 is 30.1 Å². The first-order valence-electron chi connectivity index (χ1n) is 14.9. The van der Waals surface area contributed by atoms with Gasteiger partial charge in [-0.25, -0.2) is 9.78 Å². The van der Waals surface area contributed by atoms with Gasteiger partial charge in [-0.05, 0) is 79.8 Å². The molecule has 3 N–H and O–H groups in total. The second-order valence-corrected chi connectivity index (χ2v) is 13.1. The van der Waals surface area contributed by atoms with Crippen molar-refractivity contribution in [2.24, 2.45) is 5.41 Å². The molecule has 1 spiro atoms. The van der Waals surface area contributed by atoms with E-state index in [0.29, 0.717) is 29.1 Å². The van der Waals surface area contributed by atoms with E-state index in [4.69, 9.17) is 9.72 Å². The number of fused-ring (bicyclic) bond motifs is 3. The molecule has 0 aliphatic carbocycles. The summed E-state index contributed by atoms with van der Waals surface area (Å²) >= 11 is 1.25. The first-order chi connectivity index (χ1) is 21.3. The van der Waals surface area contributed by atoms with E-state index in [-0.39, 0.29) is 11.3 Å². The maximum absolute atomic E-state index is 13.8. The number of aryl methyl sites for hydroxylation is 1. The third-order valence-corrected chi connectivity index (χ3v) is 10.2. The van der Waals surface area contributed by atoms with Gasteiger partial charge in [0.05, 0.1) is 5.69 Å². The molecule has 2 fully saturated rings. The molecule has 3 aliphatic rings. The summed E-state index contributed by atoms with van der Waals surface area (Å²) in [6.45, 7) is 5.84. The molecule has 0 radical (unpaired) electrons. The zero-order chi connectivity index (χ0) is 30.4. The number of rotatable bonds is 6. The number of nitrogens with zero attached hydrogens (tertiary/aromatic N) is 3. The Morgan fingerprint density at radius 2 is 1.82 bits per heavy atom. The Hall–Kier alpha value is -4.25. The lowest BCUT2D eigenvalue weighted by atomic mass is 9.73. The van der Waals surface area contributed by atoms with Crippen LogP contribution < -0.4 is 15.1 Å². The van der Waals surface area contributed by atoms with Crippen molar-refractivity contribution >= 4 is 40.4 Å². The molecule has 5 heterocycles. The second kappa shape index (κ2) is 11.4. The highest BCUT2D eigenvalue weighted by Gasteiger charge is 2.45. The molecular formula is C34H34N4O5S. The van der Waals surface area contributed by atoms with E-state index in [0.717, 1.165) is 77.8 Å². The van der Waals surface area contributed by atoms with Crippen LogP contribution in [0.25, 0.3) is 10.4 Å². The smallest absolute Gasteiger partial charge is 0.345 e. The molecule has 1 amide bonds. The Morgan fingerprint density at radius 3 is 2.57 bits per heavy atom. The van der Waals surface area contributed by atoms with Crippen LogP contribution in [-0.2, 0) is 11.2 Å². The fourth-order valence-corrected chi connectivity index (χ4v) is 7.68. The number of pyridine rings is 1. The molecule has 4 aromatic rings. The van der Waals surface area contributed by atoms with Crippen LogP contribution in [0.1, 0.15) is 55.8 Å². The summed E-state index contributed by atoms with van der Waals surface area (Å²) in [6, 6.07) is 18.5. The van der Waals surface area contributed by atoms with Gasteiger partial charge in [0.2, 0.25) is 0 Å². The van der Waals surface area contributed by atoms with Crippen molar-refractivity contribution in [2.75, 3.05) is 48.0 Å². The van der Waals surface area contributed by atoms with E-state index >= 15 is 0 Å². The molecule has 9 nitrogen and oxygen atoms in total. The van der Waals surface area contributed by atoms with Gasteiger partial charge in [0.25, 0.3) is 5.91 Å². The first kappa shape index (κ1) is 28.5. The highest BCUT2D eigenvalue weighted by molar-refractivity contribution is 7.17. The van der Waals surface area contributed by atoms with Crippen LogP contribution in [0.5, 0.6) is 0 Å². The molecule has 7 rings (SSSR count). The number of carboxylic acids is 1. The van der Waals surface area contributed by atoms with Gasteiger partial charge in [0.1, 0.15) is 10.7 Å². The summed E-state index contributed by atoms with van der Waals surface area (Å²) in [4.78, 5) is 35.3. The lowest BCUT2D eigenvalue weighted by molar-refractivity contribution is -0.000641. The number of carbonyl (C=O) groups excluding carboxylic acids is 1. The van der Waals surface area contributed by atoms with Crippen molar-refractivity contribution < 1.29 is 24.5 Å². The summed E-state index contributed by atoms with van der Waals surface area (Å²) < 4.78 is 5.56. The molecule has 3 aliphatic heterocycles. The van der Waals surface area contributed by atoms with Gasteiger partial charge in [-0.1, -0.05) is 18.2 Å². The molecular weight excluding hydrogens is 576 g/mol. The van der Waals surface area contributed by atoms with Crippen LogP contribution in [0, 0.1) is 12.3 Å². The predicted molar refractivity (Wildman–Crippen MR) is 171 cm³/mol. The number of hydrogen-bond acceptors (Lipinski definition) is 8. The third kappa shape index (κ3) is 5.23. The van der Waals surface area contributed by atoms with E-state index in [1.54, 1.807) is 35.2 Å². The molecule has 2 aromatic heterocycles. The van der Waals surface area contributed by atoms with Gasteiger partial charge in [-0.3, -0.25) is 4.79 Å². The molecule has 2 saturated heterocycles. The number of carbonyl (C=O) groups is 2. The minimum Gasteiger partial charge on any atom is -0.477 e. The topological polar surface area (TPSA) is 115 Å². The van der Waals surface area contributed by atoms with Gasteiger partial charge in [0.15, 0.2) is 6.23 Å². The molecule has 2 aromatic carbocycles. The van der Waals surface area contributed by atoms with Gasteiger partial charge >= 0.3 is 5.97 Å². The summed E-state index contributed by atoms with van der Waals surface area (Å²) in [6.07, 6.45) is 3.54. The number of ether oxygens (including phenoxy) is 1. The van der Waals surface area contributed by atoms with Gasteiger partial charge in [-0.15, -0.1) is 11.3 Å². The number of aliphatic hydroxyl groups is 1. The summed E-state index contributed by atoms with van der Waals surface area (Å²) in [5.41, 5.74) is 5.76. The molecule has 44 heavy (non-hydrogen) atoms. The van der Waals surface area contributed by atoms with Crippen LogP contribution in [-0.4, -0.2) is 59.9 Å². The number of aromatic carboxylic acids is 1. The normalized spacial score (nSPS) is 17.7. The predicted octanol–water partition coefficient (Wildman–Crippen LogP) is 5.74. The number of aliphatic hydroxyl groups excluding tert-OH is 1. The number of aromatic nitrogens is 1. The maximum atomic E-state index is 13.8. The summed E-state index contributed by atoms with van der Waals surface area (Å²) in [7, 11) is 0. The molecule has 1 unspecified atom stereocenters. The van der Waals surface area contributed by atoms with Crippen LogP contribution in [0.2, 0.25) is 0 Å². The first-order valence-corrected chi connectivity index (χ1v) is 15.7. The fourth-order valence-electron chi connectivity index (χ4n) is 6.60. The molecule has 0 bridgehead atoms. The third-order valence-electron chi connectivity index (χ3n) is 8.98. The average Bonchev–Trinajstić information content (AvgIpc) is 3.39. The number of carboxylic acid groups (broad SMARTS) is 1. The fraction of sp³-hybridized carbons (Fsp3) is 0.324. The molecule has 226 valence electrons. The SMILES string of the molecule is Cc1cnc(N2CC3(CCOCC3)C2)c(C(O)Nc2ccc(C(=O)N3CCc4cc(C(=O)O)sc4-c4ccccc43)cc2)c1. The van der Waals surface area contributed by atoms with Crippen LogP contribution in [0.3, 0.4) is 0 Å². The van der Waals surface area contributed by atoms with E-state index in [2.05, 4.69) is 10.2 Å². The van der Waals surface area contributed by atoms with Crippen LogP contribution in [0.4, 0.5) is 17.2 Å². The standard InChI is InChI=1S/C34H34N4O5S/c1-21-16-26(30(35-18-21)37-19-34(20-37)11-14-43-15-12-34)31(39)36-24-8-6-22(7-9-24)32(40)38-13-10-23-17-28(33(41)42)44-29(23)25-4-2-3-5-27(25)38/h2-9,16-18,31,36,39H,10-15,19-20H2,1H3,(H,41,42). The van der Waals surface area contributed by atoms with Crippen molar-refractivity contribution in [1.82, 2.24) is 4.98 Å². The second-order valence-electron chi connectivity index (χ2n) is 12.0. The van der Waals surface area contributed by atoms with Crippen molar-refractivity contribution in [3.8, 4) is 10.4 Å². The maximum Gasteiger partial charge on any atom is 0.345 e. The Labute approximate surface area is 259 Å². The minimum absolute atomic E-state index is 0.136. The number of nitrogens with one attached hydrogen (secondary N) is 1. The number of hydrogen-bond donors (Lipinski definition) is 3.